The van der Waals surface area contributed by atoms with Crippen LogP contribution in [-0.4, -0.2) is 59.7 Å². The number of anilines is 1. The predicted molar refractivity (Wildman–Crippen MR) is 90.7 cm³/mol. The Morgan fingerprint density at radius 2 is 1.46 bits per heavy atom. The fraction of sp³-hybridized carbons (Fsp3) is 0.389. The Labute approximate surface area is 141 Å². The van der Waals surface area contributed by atoms with E-state index in [0.29, 0.717) is 30.4 Å². The molecule has 0 aliphatic carbocycles. The van der Waals surface area contributed by atoms with E-state index in [-0.39, 0.29) is 17.7 Å². The van der Waals surface area contributed by atoms with E-state index in [1.54, 1.807) is 24.3 Å². The topological polar surface area (TPSA) is 60.9 Å². The third-order valence-corrected chi connectivity index (χ3v) is 4.51. The largest absolute Gasteiger partial charge is 0.336 e. The number of hydrogen-bond donors (Lipinski definition) is 0. The molecule has 1 saturated heterocycles. The molecule has 126 valence electrons. The van der Waals surface area contributed by atoms with Gasteiger partial charge in [0.15, 0.2) is 0 Å². The minimum absolute atomic E-state index is 0.0119. The summed E-state index contributed by atoms with van der Waals surface area (Å²) >= 11 is 0. The molecule has 6 nitrogen and oxygen atoms in total. The molecule has 0 unspecified atom stereocenters. The Balaban J connectivity index is 1.67. The van der Waals surface area contributed by atoms with Gasteiger partial charge < -0.3 is 4.90 Å². The van der Waals surface area contributed by atoms with Crippen molar-refractivity contribution in [2.24, 2.45) is 0 Å². The summed E-state index contributed by atoms with van der Waals surface area (Å²) < 4.78 is 0. The lowest BCUT2D eigenvalue weighted by molar-refractivity contribution is -0.119. The minimum atomic E-state index is -0.358. The van der Waals surface area contributed by atoms with Crippen LogP contribution in [0.2, 0.25) is 0 Å². The molecule has 24 heavy (non-hydrogen) atoms. The third kappa shape index (κ3) is 3.10. The number of imide groups is 1. The first-order valence-corrected chi connectivity index (χ1v) is 8.17. The molecule has 0 spiro atoms. The quantitative estimate of drug-likeness (QED) is 0.785. The lowest BCUT2D eigenvalue weighted by Gasteiger charge is -2.37. The number of hydrogen-bond acceptors (Lipinski definition) is 4. The minimum Gasteiger partial charge on any atom is -0.336 e. The normalized spacial score (nSPS) is 18.8. The van der Waals surface area contributed by atoms with Gasteiger partial charge in [0.2, 0.25) is 0 Å². The van der Waals surface area contributed by atoms with Gasteiger partial charge in [-0.3, -0.25) is 19.3 Å². The number of carbonyl (C=O) groups excluding carboxylic acids is 3. The molecule has 2 heterocycles. The summed E-state index contributed by atoms with van der Waals surface area (Å²) in [5.41, 5.74) is 1.06. The van der Waals surface area contributed by atoms with Crippen LogP contribution in [0.1, 0.15) is 24.2 Å². The monoisotopic (exact) mass is 327 g/mol. The van der Waals surface area contributed by atoms with E-state index in [0.717, 1.165) is 18.0 Å². The van der Waals surface area contributed by atoms with Gasteiger partial charge in [0.25, 0.3) is 17.7 Å². The van der Waals surface area contributed by atoms with E-state index < -0.39 is 0 Å². The molecule has 2 aliphatic heterocycles. The highest BCUT2D eigenvalue weighted by molar-refractivity contribution is 6.28. The SMILES string of the molecule is CC(C)N1CCN(C(=O)c2ccc(N3C(=O)C=CC3=O)cc2)CC1. The van der Waals surface area contributed by atoms with Gasteiger partial charge in [0, 0.05) is 49.9 Å². The van der Waals surface area contributed by atoms with E-state index in [4.69, 9.17) is 0 Å². The van der Waals surface area contributed by atoms with Crippen LogP contribution in [0.4, 0.5) is 5.69 Å². The number of benzene rings is 1. The molecule has 0 bridgehead atoms. The average molecular weight is 327 g/mol. The molecule has 0 atom stereocenters. The van der Waals surface area contributed by atoms with Gasteiger partial charge in [-0.15, -0.1) is 0 Å². The van der Waals surface area contributed by atoms with Gasteiger partial charge in [0.05, 0.1) is 5.69 Å². The van der Waals surface area contributed by atoms with Crippen LogP contribution < -0.4 is 4.90 Å². The van der Waals surface area contributed by atoms with Crippen LogP contribution in [-0.2, 0) is 9.59 Å². The van der Waals surface area contributed by atoms with Crippen molar-refractivity contribution >= 4 is 23.4 Å². The van der Waals surface area contributed by atoms with Crippen molar-refractivity contribution in [3.8, 4) is 0 Å². The number of nitrogens with zero attached hydrogens (tertiary/aromatic N) is 3. The Bertz CT molecular complexity index is 668. The lowest BCUT2D eigenvalue weighted by Crippen LogP contribution is -2.50. The maximum Gasteiger partial charge on any atom is 0.258 e. The number of rotatable bonds is 3. The summed E-state index contributed by atoms with van der Waals surface area (Å²) in [6.07, 6.45) is 2.49. The van der Waals surface area contributed by atoms with Crippen LogP contribution >= 0.6 is 0 Å². The summed E-state index contributed by atoms with van der Waals surface area (Å²) in [5.74, 6) is -0.727. The Morgan fingerprint density at radius 3 is 1.96 bits per heavy atom. The third-order valence-electron chi connectivity index (χ3n) is 4.51. The van der Waals surface area contributed by atoms with Crippen LogP contribution in [0.5, 0.6) is 0 Å². The Kier molecular flexibility index (Phi) is 4.49. The Morgan fingerprint density at radius 1 is 0.917 bits per heavy atom. The molecule has 6 heteroatoms. The smallest absolute Gasteiger partial charge is 0.258 e. The summed E-state index contributed by atoms with van der Waals surface area (Å²) in [5, 5.41) is 0. The van der Waals surface area contributed by atoms with Crippen LogP contribution in [0.15, 0.2) is 36.4 Å². The highest BCUT2D eigenvalue weighted by atomic mass is 16.2. The van der Waals surface area contributed by atoms with E-state index in [1.807, 2.05) is 4.90 Å². The molecule has 0 aromatic heterocycles. The van der Waals surface area contributed by atoms with Gasteiger partial charge in [-0.2, -0.15) is 0 Å². The average Bonchev–Trinajstić information content (AvgIpc) is 2.93. The maximum absolute atomic E-state index is 12.6. The molecular weight excluding hydrogens is 306 g/mol. The molecule has 1 fully saturated rings. The van der Waals surface area contributed by atoms with Gasteiger partial charge >= 0.3 is 0 Å². The van der Waals surface area contributed by atoms with Crippen molar-refractivity contribution in [1.29, 1.82) is 0 Å². The van der Waals surface area contributed by atoms with E-state index in [9.17, 15) is 14.4 Å². The molecular formula is C18H21N3O3. The first-order valence-electron chi connectivity index (χ1n) is 8.17. The Hall–Kier alpha value is -2.47. The van der Waals surface area contributed by atoms with Crippen molar-refractivity contribution < 1.29 is 14.4 Å². The summed E-state index contributed by atoms with van der Waals surface area (Å²) in [6.45, 7) is 7.50. The zero-order valence-corrected chi connectivity index (χ0v) is 13.9. The zero-order valence-electron chi connectivity index (χ0n) is 13.9. The van der Waals surface area contributed by atoms with Gasteiger partial charge in [-0.1, -0.05) is 0 Å². The zero-order chi connectivity index (χ0) is 17.3. The molecule has 0 saturated carbocycles. The summed E-state index contributed by atoms with van der Waals surface area (Å²) in [7, 11) is 0. The lowest BCUT2D eigenvalue weighted by atomic mass is 10.1. The number of carbonyl (C=O) groups is 3. The van der Waals surface area contributed by atoms with Crippen molar-refractivity contribution in [2.45, 2.75) is 19.9 Å². The van der Waals surface area contributed by atoms with Crippen LogP contribution in [0.25, 0.3) is 0 Å². The number of amides is 3. The fourth-order valence-corrected chi connectivity index (χ4v) is 3.03. The standard InChI is InChI=1S/C18H21N3O3/c1-13(2)19-9-11-20(12-10-19)18(24)14-3-5-15(6-4-14)21-16(22)7-8-17(21)23/h3-8,13H,9-12H2,1-2H3. The van der Waals surface area contributed by atoms with Crippen molar-refractivity contribution in [1.82, 2.24) is 9.80 Å². The first kappa shape index (κ1) is 16.4. The second-order valence-corrected chi connectivity index (χ2v) is 6.31. The molecule has 3 rings (SSSR count). The predicted octanol–water partition coefficient (Wildman–Crippen LogP) is 1.28. The second kappa shape index (κ2) is 6.57. The molecule has 3 amide bonds. The van der Waals surface area contributed by atoms with Crippen molar-refractivity contribution in [3.63, 3.8) is 0 Å². The highest BCUT2D eigenvalue weighted by Crippen LogP contribution is 2.20. The van der Waals surface area contributed by atoms with E-state index in [1.165, 1.54) is 12.2 Å². The molecule has 0 N–H and O–H groups in total. The fourth-order valence-electron chi connectivity index (χ4n) is 3.03. The van der Waals surface area contributed by atoms with Gasteiger partial charge in [0.1, 0.15) is 0 Å². The number of piperazine rings is 1. The van der Waals surface area contributed by atoms with E-state index in [2.05, 4.69) is 18.7 Å². The van der Waals surface area contributed by atoms with Crippen LogP contribution in [0, 0.1) is 0 Å². The molecule has 1 aromatic rings. The van der Waals surface area contributed by atoms with Crippen molar-refractivity contribution in [2.75, 3.05) is 31.1 Å². The molecule has 1 aromatic carbocycles. The van der Waals surface area contributed by atoms with Gasteiger partial charge in [-0.25, -0.2) is 4.90 Å². The van der Waals surface area contributed by atoms with Gasteiger partial charge in [-0.05, 0) is 38.1 Å². The molecule has 2 aliphatic rings. The van der Waals surface area contributed by atoms with Crippen LogP contribution in [0.3, 0.4) is 0 Å². The summed E-state index contributed by atoms with van der Waals surface area (Å²) in [6, 6.07) is 7.11. The first-order chi connectivity index (χ1) is 11.5. The second-order valence-electron chi connectivity index (χ2n) is 6.31. The maximum atomic E-state index is 12.6. The van der Waals surface area contributed by atoms with E-state index >= 15 is 0 Å². The van der Waals surface area contributed by atoms with Crippen molar-refractivity contribution in [3.05, 3.63) is 42.0 Å². The summed E-state index contributed by atoms with van der Waals surface area (Å²) in [4.78, 5) is 41.2. The highest BCUT2D eigenvalue weighted by Gasteiger charge is 2.26. The molecule has 0 radical (unpaired) electrons.